The Kier molecular flexibility index (Phi) is 6.53. The third-order valence-electron chi connectivity index (χ3n) is 7.75. The molecule has 1 aliphatic carbocycles. The van der Waals surface area contributed by atoms with Crippen molar-refractivity contribution in [1.82, 2.24) is 20.2 Å². The van der Waals surface area contributed by atoms with Gasteiger partial charge in [0.2, 0.25) is 5.91 Å². The third kappa shape index (κ3) is 4.53. The van der Waals surface area contributed by atoms with Crippen molar-refractivity contribution in [1.29, 1.82) is 0 Å². The molecule has 0 unspecified atom stereocenters. The summed E-state index contributed by atoms with van der Waals surface area (Å²) in [6.45, 7) is 7.29. The van der Waals surface area contributed by atoms with E-state index in [0.29, 0.717) is 18.1 Å². The molecule has 0 radical (unpaired) electrons. The van der Waals surface area contributed by atoms with E-state index in [0.717, 1.165) is 61.4 Å². The molecule has 2 aliphatic heterocycles. The van der Waals surface area contributed by atoms with E-state index in [9.17, 15) is 9.90 Å². The Morgan fingerprint density at radius 1 is 1.18 bits per heavy atom. The fourth-order valence-electron chi connectivity index (χ4n) is 5.89. The fraction of sp³-hybridized carbons (Fsp3) is 0.577. The van der Waals surface area contributed by atoms with Crippen LogP contribution < -0.4 is 10.2 Å². The van der Waals surface area contributed by atoms with Crippen molar-refractivity contribution in [3.8, 4) is 0 Å². The number of benzene rings is 1. The number of aliphatic hydroxyl groups is 1. The van der Waals surface area contributed by atoms with Crippen LogP contribution in [0.15, 0.2) is 30.6 Å². The number of piperazine rings is 1. The predicted octanol–water partition coefficient (Wildman–Crippen LogP) is 3.12. The van der Waals surface area contributed by atoms with Crippen LogP contribution in [0.4, 0.5) is 5.82 Å². The fourth-order valence-corrected chi connectivity index (χ4v) is 6.02. The van der Waals surface area contributed by atoms with Gasteiger partial charge in [0.05, 0.1) is 12.5 Å². The molecule has 34 heavy (non-hydrogen) atoms. The first kappa shape index (κ1) is 23.5. The maximum Gasteiger partial charge on any atom is 0.231 e. The number of hydrogen-bond donors (Lipinski definition) is 2. The highest BCUT2D eigenvalue weighted by molar-refractivity contribution is 6.30. The minimum Gasteiger partial charge on any atom is -0.396 e. The zero-order chi connectivity index (χ0) is 23.9. The number of aliphatic hydroxyl groups excluding tert-OH is 1. The van der Waals surface area contributed by atoms with E-state index in [-0.39, 0.29) is 35.9 Å². The zero-order valence-electron chi connectivity index (χ0n) is 20.0. The van der Waals surface area contributed by atoms with Crippen molar-refractivity contribution in [2.75, 3.05) is 37.7 Å². The molecule has 1 amide bonds. The summed E-state index contributed by atoms with van der Waals surface area (Å²) in [5.41, 5.74) is 3.21. The molecule has 3 atom stereocenters. The van der Waals surface area contributed by atoms with Crippen LogP contribution in [-0.2, 0) is 11.2 Å². The average molecular weight is 484 g/mol. The lowest BCUT2D eigenvalue weighted by atomic mass is 9.88. The Morgan fingerprint density at radius 3 is 2.56 bits per heavy atom. The number of aromatic nitrogens is 2. The number of nitrogens with zero attached hydrogens (tertiary/aromatic N) is 4. The van der Waals surface area contributed by atoms with Gasteiger partial charge in [-0.25, -0.2) is 9.97 Å². The lowest BCUT2D eigenvalue weighted by Crippen LogP contribution is -2.53. The molecule has 2 aromatic rings. The average Bonchev–Trinajstić information content (AvgIpc) is 3.43. The summed E-state index contributed by atoms with van der Waals surface area (Å²) in [5, 5.41) is 14.2. The van der Waals surface area contributed by atoms with E-state index in [1.807, 2.05) is 29.2 Å². The summed E-state index contributed by atoms with van der Waals surface area (Å²) in [5.74, 6) is 0.991. The van der Waals surface area contributed by atoms with Crippen LogP contribution in [-0.4, -0.2) is 70.2 Å². The molecule has 5 rings (SSSR count). The number of carbonyl (C=O) groups excluding carboxylic acids is 1. The molecular formula is C26H34ClN5O2. The number of anilines is 1. The molecule has 3 aliphatic rings. The van der Waals surface area contributed by atoms with Gasteiger partial charge in [-0.15, -0.1) is 0 Å². The summed E-state index contributed by atoms with van der Waals surface area (Å²) in [7, 11) is 0. The van der Waals surface area contributed by atoms with Gasteiger partial charge in [0.15, 0.2) is 0 Å². The van der Waals surface area contributed by atoms with Crippen molar-refractivity contribution < 1.29 is 9.90 Å². The Morgan fingerprint density at radius 2 is 1.91 bits per heavy atom. The van der Waals surface area contributed by atoms with Crippen molar-refractivity contribution >= 4 is 23.3 Å². The summed E-state index contributed by atoms with van der Waals surface area (Å²) in [6.07, 6.45) is 5.47. The van der Waals surface area contributed by atoms with Crippen LogP contribution >= 0.6 is 11.6 Å². The van der Waals surface area contributed by atoms with Gasteiger partial charge in [0.25, 0.3) is 0 Å². The SMILES string of the molecule is CC1(C)CC[C@@H]([C@@H](C(=O)N2CCN(c3ncnc4c3[C@H](CO)CC4)CC2)c2ccc(Cl)cc2)N1. The Labute approximate surface area is 206 Å². The molecular weight excluding hydrogens is 450 g/mol. The normalized spacial score (nSPS) is 24.8. The van der Waals surface area contributed by atoms with Crippen LogP contribution in [0, 0.1) is 0 Å². The molecule has 3 heterocycles. The molecule has 0 saturated carbocycles. The quantitative estimate of drug-likeness (QED) is 0.680. The molecule has 182 valence electrons. The van der Waals surface area contributed by atoms with Gasteiger partial charge in [-0.2, -0.15) is 0 Å². The standard InChI is InChI=1S/C26H34ClN5O2/c1-26(2)10-9-21(30-26)23(17-3-6-19(27)7-4-17)25(34)32-13-11-31(12-14-32)24-22-18(15-33)5-8-20(22)28-16-29-24/h3-4,6-7,16,18,21,23,30,33H,5,8-15H2,1-2H3/t18-,21-,23-/m0/s1. The van der Waals surface area contributed by atoms with E-state index in [4.69, 9.17) is 11.6 Å². The number of halogens is 1. The maximum absolute atomic E-state index is 13.9. The van der Waals surface area contributed by atoms with Gasteiger partial charge in [0, 0.05) is 60.0 Å². The van der Waals surface area contributed by atoms with Crippen LogP contribution in [0.3, 0.4) is 0 Å². The number of hydrogen-bond acceptors (Lipinski definition) is 6. The minimum atomic E-state index is -0.229. The second-order valence-electron chi connectivity index (χ2n) is 10.5. The molecule has 2 fully saturated rings. The second-order valence-corrected chi connectivity index (χ2v) is 10.9. The van der Waals surface area contributed by atoms with E-state index < -0.39 is 0 Å². The maximum atomic E-state index is 13.9. The number of amides is 1. The zero-order valence-corrected chi connectivity index (χ0v) is 20.8. The van der Waals surface area contributed by atoms with Crippen LogP contribution in [0.1, 0.15) is 61.8 Å². The van der Waals surface area contributed by atoms with Gasteiger partial charge >= 0.3 is 0 Å². The van der Waals surface area contributed by atoms with Gasteiger partial charge in [-0.1, -0.05) is 23.7 Å². The van der Waals surface area contributed by atoms with Crippen molar-refractivity contribution in [3.63, 3.8) is 0 Å². The van der Waals surface area contributed by atoms with Crippen molar-refractivity contribution in [2.24, 2.45) is 0 Å². The molecule has 0 bridgehead atoms. The molecule has 8 heteroatoms. The van der Waals surface area contributed by atoms with Crippen LogP contribution in [0.25, 0.3) is 0 Å². The number of nitrogens with one attached hydrogen (secondary N) is 1. The molecule has 0 spiro atoms. The number of aryl methyl sites for hydroxylation is 1. The summed E-state index contributed by atoms with van der Waals surface area (Å²) < 4.78 is 0. The molecule has 2 N–H and O–H groups in total. The van der Waals surface area contributed by atoms with E-state index >= 15 is 0 Å². The molecule has 1 aromatic carbocycles. The van der Waals surface area contributed by atoms with Crippen molar-refractivity contribution in [3.05, 3.63) is 52.4 Å². The van der Waals surface area contributed by atoms with Gasteiger partial charge < -0.3 is 20.2 Å². The first-order valence-corrected chi connectivity index (χ1v) is 12.8. The topological polar surface area (TPSA) is 81.6 Å². The number of rotatable bonds is 5. The first-order valence-electron chi connectivity index (χ1n) is 12.4. The summed E-state index contributed by atoms with van der Waals surface area (Å²) >= 11 is 6.14. The largest absolute Gasteiger partial charge is 0.396 e. The molecule has 7 nitrogen and oxygen atoms in total. The van der Waals surface area contributed by atoms with Gasteiger partial charge in [-0.3, -0.25) is 4.79 Å². The smallest absolute Gasteiger partial charge is 0.231 e. The Bertz CT molecular complexity index is 1040. The van der Waals surface area contributed by atoms with Crippen LogP contribution in [0.2, 0.25) is 5.02 Å². The van der Waals surface area contributed by atoms with E-state index in [1.165, 1.54) is 0 Å². The highest BCUT2D eigenvalue weighted by Gasteiger charge is 2.41. The van der Waals surface area contributed by atoms with Crippen LogP contribution in [0.5, 0.6) is 0 Å². The lowest BCUT2D eigenvalue weighted by molar-refractivity contribution is -0.133. The minimum absolute atomic E-state index is 0.0327. The number of fused-ring (bicyclic) bond motifs is 1. The third-order valence-corrected chi connectivity index (χ3v) is 8.00. The highest BCUT2D eigenvalue weighted by Crippen LogP contribution is 2.38. The van der Waals surface area contributed by atoms with Gasteiger partial charge in [-0.05, 0) is 57.2 Å². The second kappa shape index (κ2) is 9.44. The first-order chi connectivity index (χ1) is 16.4. The number of carbonyl (C=O) groups is 1. The Hall–Kier alpha value is -2.22. The lowest BCUT2D eigenvalue weighted by Gasteiger charge is -2.39. The highest BCUT2D eigenvalue weighted by atomic mass is 35.5. The summed E-state index contributed by atoms with van der Waals surface area (Å²) in [4.78, 5) is 27.2. The summed E-state index contributed by atoms with van der Waals surface area (Å²) in [6, 6.07) is 7.85. The van der Waals surface area contributed by atoms with Crippen molar-refractivity contribution in [2.45, 2.75) is 62.9 Å². The van der Waals surface area contributed by atoms with Gasteiger partial charge in [0.1, 0.15) is 12.1 Å². The molecule has 2 saturated heterocycles. The molecule has 1 aromatic heterocycles. The van der Waals surface area contributed by atoms with E-state index in [2.05, 4.69) is 34.0 Å². The Balaban J connectivity index is 1.33. The van der Waals surface area contributed by atoms with E-state index in [1.54, 1.807) is 6.33 Å². The predicted molar refractivity (Wildman–Crippen MR) is 133 cm³/mol. The monoisotopic (exact) mass is 483 g/mol.